The third-order valence-corrected chi connectivity index (χ3v) is 4.09. The molecule has 0 N–H and O–H groups in total. The highest BCUT2D eigenvalue weighted by Gasteiger charge is 2.38. The van der Waals surface area contributed by atoms with Crippen molar-refractivity contribution in [2.45, 2.75) is 18.5 Å². The zero-order chi connectivity index (χ0) is 19.8. The van der Waals surface area contributed by atoms with Crippen molar-refractivity contribution in [3.8, 4) is 0 Å². The van der Waals surface area contributed by atoms with E-state index in [1.54, 1.807) is 30.3 Å². The van der Waals surface area contributed by atoms with E-state index in [2.05, 4.69) is 4.98 Å². The molecule has 2 aromatic carbocycles. The lowest BCUT2D eigenvalue weighted by molar-refractivity contribution is -0.142. The first-order valence-electron chi connectivity index (χ1n) is 7.78. The summed E-state index contributed by atoms with van der Waals surface area (Å²) in [7, 11) is 1.28. The van der Waals surface area contributed by atoms with E-state index < -0.39 is 35.2 Å². The van der Waals surface area contributed by atoms with Crippen molar-refractivity contribution >= 4 is 10.9 Å². The lowest BCUT2D eigenvalue weighted by Gasteiger charge is -2.21. The third kappa shape index (κ3) is 3.75. The van der Waals surface area contributed by atoms with Gasteiger partial charge in [-0.3, -0.25) is 0 Å². The second kappa shape index (κ2) is 6.84. The molecular formula is C19H13F6NO. The molecule has 1 aromatic heterocycles. The van der Waals surface area contributed by atoms with E-state index in [1.807, 2.05) is 0 Å². The van der Waals surface area contributed by atoms with Crippen LogP contribution in [0.1, 0.15) is 28.5 Å². The molecule has 0 bridgehead atoms. The van der Waals surface area contributed by atoms with Crippen LogP contribution in [0.5, 0.6) is 0 Å². The molecule has 27 heavy (non-hydrogen) atoms. The fourth-order valence-electron chi connectivity index (χ4n) is 2.94. The van der Waals surface area contributed by atoms with Gasteiger partial charge in [0.25, 0.3) is 0 Å². The van der Waals surface area contributed by atoms with Crippen molar-refractivity contribution in [2.24, 2.45) is 0 Å². The van der Waals surface area contributed by atoms with E-state index in [0.717, 1.165) is 12.1 Å². The zero-order valence-electron chi connectivity index (χ0n) is 13.9. The first-order chi connectivity index (χ1) is 12.6. The number of fused-ring (bicyclic) bond motifs is 1. The van der Waals surface area contributed by atoms with Gasteiger partial charge in [-0.15, -0.1) is 0 Å². The van der Waals surface area contributed by atoms with Gasteiger partial charge in [0.2, 0.25) is 0 Å². The number of ether oxygens (including phenoxy) is 1. The second-order valence-corrected chi connectivity index (χ2v) is 5.82. The molecule has 1 heterocycles. The van der Waals surface area contributed by atoms with Crippen LogP contribution >= 0.6 is 0 Å². The highest BCUT2D eigenvalue weighted by Crippen LogP contribution is 2.40. The van der Waals surface area contributed by atoms with Gasteiger partial charge in [0.1, 0.15) is 11.8 Å². The van der Waals surface area contributed by atoms with E-state index in [0.29, 0.717) is 11.6 Å². The van der Waals surface area contributed by atoms with E-state index >= 15 is 0 Å². The molecule has 0 fully saturated rings. The summed E-state index contributed by atoms with van der Waals surface area (Å²) in [6, 6.07) is 12.2. The summed E-state index contributed by atoms with van der Waals surface area (Å²) < 4.78 is 85.3. The third-order valence-electron chi connectivity index (χ3n) is 4.09. The van der Waals surface area contributed by atoms with Crippen LogP contribution in [-0.2, 0) is 17.1 Å². The van der Waals surface area contributed by atoms with E-state index in [-0.39, 0.29) is 10.9 Å². The Hall–Kier alpha value is -2.61. The normalized spacial score (nSPS) is 13.7. The van der Waals surface area contributed by atoms with Crippen molar-refractivity contribution in [3.05, 3.63) is 77.0 Å². The van der Waals surface area contributed by atoms with Crippen molar-refractivity contribution in [2.75, 3.05) is 7.11 Å². The summed E-state index contributed by atoms with van der Waals surface area (Å²) >= 11 is 0. The molecule has 0 aliphatic rings. The zero-order valence-corrected chi connectivity index (χ0v) is 13.9. The Labute approximate surface area is 150 Å². The minimum Gasteiger partial charge on any atom is -0.372 e. The summed E-state index contributed by atoms with van der Waals surface area (Å²) in [4.78, 5) is 3.28. The molecular weight excluding hydrogens is 372 g/mol. The van der Waals surface area contributed by atoms with Crippen LogP contribution in [0.25, 0.3) is 10.9 Å². The maximum Gasteiger partial charge on any atom is 0.433 e. The van der Waals surface area contributed by atoms with Gasteiger partial charge in [-0.05, 0) is 23.3 Å². The van der Waals surface area contributed by atoms with Crippen LogP contribution < -0.4 is 0 Å². The van der Waals surface area contributed by atoms with Crippen LogP contribution in [-0.4, -0.2) is 12.1 Å². The predicted molar refractivity (Wildman–Crippen MR) is 87.0 cm³/mol. The number of aromatic nitrogens is 1. The largest absolute Gasteiger partial charge is 0.433 e. The second-order valence-electron chi connectivity index (χ2n) is 5.82. The summed E-state index contributed by atoms with van der Waals surface area (Å²) in [5.74, 6) is 0. The number of benzene rings is 2. The Balaban J connectivity index is 2.37. The molecule has 0 spiro atoms. The SMILES string of the molecule is COC(c1ccccc1)c1cc(C(F)(F)F)nc2c(C(F)(F)F)cccc12. The molecule has 2 nitrogen and oxygen atoms in total. The molecule has 0 saturated carbocycles. The van der Waals surface area contributed by atoms with Gasteiger partial charge < -0.3 is 4.74 Å². The van der Waals surface area contributed by atoms with Crippen molar-refractivity contribution in [1.82, 2.24) is 4.98 Å². The molecule has 1 atom stereocenters. The summed E-state index contributed by atoms with van der Waals surface area (Å²) in [5.41, 5.74) is -2.91. The standard InChI is InChI=1S/C19H13F6NO/c1-27-17(11-6-3-2-4-7-11)13-10-15(19(23,24)25)26-16-12(13)8-5-9-14(16)18(20,21)22/h2-10,17H,1H3. The number of methoxy groups -OCH3 is 1. The molecule has 0 amide bonds. The smallest absolute Gasteiger partial charge is 0.372 e. The van der Waals surface area contributed by atoms with Crippen LogP contribution in [0.15, 0.2) is 54.6 Å². The van der Waals surface area contributed by atoms with E-state index in [4.69, 9.17) is 4.74 Å². The molecule has 3 aromatic rings. The number of pyridine rings is 1. The van der Waals surface area contributed by atoms with Gasteiger partial charge in [0, 0.05) is 12.5 Å². The predicted octanol–water partition coefficient (Wildman–Crippen LogP) is 6.01. The molecule has 1 unspecified atom stereocenters. The number of nitrogens with zero attached hydrogens (tertiary/aromatic N) is 1. The summed E-state index contributed by atoms with van der Waals surface area (Å²) in [6.07, 6.45) is -10.7. The lowest BCUT2D eigenvalue weighted by atomic mass is 9.95. The number of halogens is 6. The molecule has 0 radical (unpaired) electrons. The number of para-hydroxylation sites is 1. The maximum absolute atomic E-state index is 13.3. The minimum absolute atomic E-state index is 0.0351. The summed E-state index contributed by atoms with van der Waals surface area (Å²) in [5, 5.41) is -0.0477. The number of rotatable bonds is 3. The van der Waals surface area contributed by atoms with Gasteiger partial charge >= 0.3 is 12.4 Å². The number of alkyl halides is 6. The highest BCUT2D eigenvalue weighted by molar-refractivity contribution is 5.86. The lowest BCUT2D eigenvalue weighted by Crippen LogP contribution is -2.14. The quantitative estimate of drug-likeness (QED) is 0.515. The molecule has 0 saturated heterocycles. The maximum atomic E-state index is 13.3. The first-order valence-corrected chi connectivity index (χ1v) is 7.78. The number of hydrogen-bond donors (Lipinski definition) is 0. The average molecular weight is 385 g/mol. The Morgan fingerprint density at radius 1 is 0.852 bits per heavy atom. The number of hydrogen-bond acceptors (Lipinski definition) is 2. The first kappa shape index (κ1) is 19.2. The fourth-order valence-corrected chi connectivity index (χ4v) is 2.94. The Bertz CT molecular complexity index is 950. The minimum atomic E-state index is -4.91. The Morgan fingerprint density at radius 2 is 1.52 bits per heavy atom. The van der Waals surface area contributed by atoms with E-state index in [9.17, 15) is 26.3 Å². The summed E-state index contributed by atoms with van der Waals surface area (Å²) in [6.45, 7) is 0. The molecule has 8 heteroatoms. The van der Waals surface area contributed by atoms with Gasteiger partial charge in [-0.1, -0.05) is 42.5 Å². The topological polar surface area (TPSA) is 22.1 Å². The van der Waals surface area contributed by atoms with Crippen LogP contribution in [0.3, 0.4) is 0 Å². The molecule has 0 aliphatic heterocycles. The molecule has 142 valence electrons. The fraction of sp³-hybridized carbons (Fsp3) is 0.211. The van der Waals surface area contributed by atoms with Crippen LogP contribution in [0.4, 0.5) is 26.3 Å². The van der Waals surface area contributed by atoms with Crippen molar-refractivity contribution < 1.29 is 31.1 Å². The van der Waals surface area contributed by atoms with Crippen molar-refractivity contribution in [1.29, 1.82) is 0 Å². The van der Waals surface area contributed by atoms with Gasteiger partial charge in [-0.25, -0.2) is 4.98 Å². The molecule has 0 aliphatic carbocycles. The van der Waals surface area contributed by atoms with Gasteiger partial charge in [0.05, 0.1) is 11.1 Å². The van der Waals surface area contributed by atoms with Crippen molar-refractivity contribution in [3.63, 3.8) is 0 Å². The Morgan fingerprint density at radius 3 is 2.07 bits per heavy atom. The molecule has 3 rings (SSSR count). The average Bonchev–Trinajstić information content (AvgIpc) is 2.61. The Kier molecular flexibility index (Phi) is 4.86. The van der Waals surface area contributed by atoms with Gasteiger partial charge in [0.15, 0.2) is 0 Å². The highest BCUT2D eigenvalue weighted by atomic mass is 19.4. The van der Waals surface area contributed by atoms with E-state index in [1.165, 1.54) is 13.2 Å². The van der Waals surface area contributed by atoms with Crippen LogP contribution in [0, 0.1) is 0 Å². The monoisotopic (exact) mass is 385 g/mol. The van der Waals surface area contributed by atoms with Gasteiger partial charge in [-0.2, -0.15) is 26.3 Å². The van der Waals surface area contributed by atoms with Crippen LogP contribution in [0.2, 0.25) is 0 Å².